The third-order valence-electron chi connectivity index (χ3n) is 5.36. The van der Waals surface area contributed by atoms with Gasteiger partial charge < -0.3 is 19.5 Å². The number of benzene rings is 3. The van der Waals surface area contributed by atoms with Gasteiger partial charge in [-0.1, -0.05) is 48.5 Å². The van der Waals surface area contributed by atoms with E-state index < -0.39 is 18.1 Å². The highest BCUT2D eigenvalue weighted by atomic mass is 16.5. The van der Waals surface area contributed by atoms with E-state index in [9.17, 15) is 9.59 Å². The number of carbonyl (C=O) groups excluding carboxylic acids is 2. The molecule has 1 fully saturated rings. The summed E-state index contributed by atoms with van der Waals surface area (Å²) in [4.78, 5) is 27.1. The van der Waals surface area contributed by atoms with Crippen molar-refractivity contribution >= 4 is 17.7 Å². The fraction of sp³-hybridized carbons (Fsp3) is 0.200. The van der Waals surface area contributed by atoms with Gasteiger partial charge in [-0.15, -0.1) is 0 Å². The van der Waals surface area contributed by atoms with Crippen LogP contribution in [0.15, 0.2) is 78.9 Å². The van der Waals surface area contributed by atoms with Crippen molar-refractivity contribution in [1.82, 2.24) is 5.32 Å². The molecule has 32 heavy (non-hydrogen) atoms. The fourth-order valence-electron chi connectivity index (χ4n) is 3.80. The Balaban J connectivity index is 1.78. The number of nitrogens with one attached hydrogen (secondary N) is 1. The summed E-state index contributed by atoms with van der Waals surface area (Å²) in [5, 5.41) is 2.76. The van der Waals surface area contributed by atoms with Gasteiger partial charge in [0.2, 0.25) is 0 Å². The molecule has 7 nitrogen and oxygen atoms in total. The van der Waals surface area contributed by atoms with Crippen LogP contribution in [0.5, 0.6) is 11.5 Å². The van der Waals surface area contributed by atoms with E-state index in [0.717, 1.165) is 5.56 Å². The quantitative estimate of drug-likeness (QED) is 0.569. The molecular formula is C25H24N2O5. The van der Waals surface area contributed by atoms with E-state index in [1.54, 1.807) is 24.1 Å². The molecule has 0 bridgehead atoms. The van der Waals surface area contributed by atoms with E-state index in [0.29, 0.717) is 29.4 Å². The van der Waals surface area contributed by atoms with Crippen LogP contribution in [0.3, 0.4) is 0 Å². The molecular weight excluding hydrogens is 408 g/mol. The molecule has 0 aliphatic carbocycles. The van der Waals surface area contributed by atoms with Crippen LogP contribution in [0, 0.1) is 0 Å². The van der Waals surface area contributed by atoms with Gasteiger partial charge in [0.25, 0.3) is 0 Å². The summed E-state index contributed by atoms with van der Waals surface area (Å²) < 4.78 is 16.5. The van der Waals surface area contributed by atoms with Crippen LogP contribution >= 0.6 is 0 Å². The topological polar surface area (TPSA) is 77.1 Å². The zero-order chi connectivity index (χ0) is 22.5. The lowest BCUT2D eigenvalue weighted by atomic mass is 9.97. The van der Waals surface area contributed by atoms with Gasteiger partial charge in [-0.2, -0.15) is 0 Å². The summed E-state index contributed by atoms with van der Waals surface area (Å²) in [5.74, 6) is 0.589. The Labute approximate surface area is 186 Å². The van der Waals surface area contributed by atoms with Crippen molar-refractivity contribution in [1.29, 1.82) is 0 Å². The SMILES string of the molecule is COC(=O)[C@@H]1NC(=O)N(c2ccccc2)[C@@H]1c1ccc(OC)cc1OCc1ccccc1. The van der Waals surface area contributed by atoms with Crippen molar-refractivity contribution in [3.8, 4) is 11.5 Å². The highest BCUT2D eigenvalue weighted by Crippen LogP contribution is 2.40. The van der Waals surface area contributed by atoms with E-state index in [4.69, 9.17) is 14.2 Å². The van der Waals surface area contributed by atoms with Gasteiger partial charge in [-0.05, 0) is 29.8 Å². The number of amides is 2. The van der Waals surface area contributed by atoms with Crippen molar-refractivity contribution in [3.05, 3.63) is 90.0 Å². The highest BCUT2D eigenvalue weighted by molar-refractivity contribution is 6.00. The van der Waals surface area contributed by atoms with Gasteiger partial charge in [0, 0.05) is 17.3 Å². The summed E-state index contributed by atoms with van der Waals surface area (Å²) in [5.41, 5.74) is 2.32. The molecule has 4 rings (SSSR count). The highest BCUT2D eigenvalue weighted by Gasteiger charge is 2.47. The van der Waals surface area contributed by atoms with Crippen molar-refractivity contribution < 1.29 is 23.8 Å². The Hall–Kier alpha value is -4.00. The zero-order valence-corrected chi connectivity index (χ0v) is 17.9. The molecule has 7 heteroatoms. The molecule has 0 spiro atoms. The predicted octanol–water partition coefficient (Wildman–Crippen LogP) is 4.09. The molecule has 1 aliphatic rings. The van der Waals surface area contributed by atoms with Crippen molar-refractivity contribution in [2.75, 3.05) is 19.1 Å². The maximum Gasteiger partial charge on any atom is 0.330 e. The number of para-hydroxylation sites is 1. The molecule has 164 valence electrons. The third kappa shape index (κ3) is 4.23. The molecule has 1 N–H and O–H groups in total. The maximum absolute atomic E-state index is 12.9. The number of carbonyl (C=O) groups is 2. The van der Waals surface area contributed by atoms with Gasteiger partial charge in [0.15, 0.2) is 6.04 Å². The molecule has 1 heterocycles. The normalized spacial score (nSPS) is 17.6. The number of urea groups is 1. The Bertz CT molecular complexity index is 1090. The van der Waals surface area contributed by atoms with E-state index in [2.05, 4.69) is 5.32 Å². The smallest absolute Gasteiger partial charge is 0.330 e. The largest absolute Gasteiger partial charge is 0.497 e. The molecule has 2 amide bonds. The molecule has 3 aromatic rings. The standard InChI is InChI=1S/C25H24N2O5/c1-30-19-13-14-20(21(15-19)32-16-17-9-5-3-6-10-17)23-22(24(28)31-2)26-25(29)27(23)18-11-7-4-8-12-18/h3-15,22-23H,16H2,1-2H3,(H,26,29)/t22-,23-/m1/s1. The summed E-state index contributed by atoms with van der Waals surface area (Å²) in [7, 11) is 2.88. The van der Waals surface area contributed by atoms with Gasteiger partial charge in [-0.3, -0.25) is 4.90 Å². The Morgan fingerprint density at radius 2 is 1.66 bits per heavy atom. The van der Waals surface area contributed by atoms with Crippen LogP contribution in [0.2, 0.25) is 0 Å². The van der Waals surface area contributed by atoms with Crippen LogP contribution in [-0.2, 0) is 16.1 Å². The van der Waals surface area contributed by atoms with E-state index in [1.807, 2.05) is 66.7 Å². The molecule has 1 saturated heterocycles. The van der Waals surface area contributed by atoms with Gasteiger partial charge in [-0.25, -0.2) is 9.59 Å². The fourth-order valence-corrected chi connectivity index (χ4v) is 3.80. The third-order valence-corrected chi connectivity index (χ3v) is 5.36. The maximum atomic E-state index is 12.9. The Morgan fingerprint density at radius 1 is 0.969 bits per heavy atom. The molecule has 2 atom stereocenters. The summed E-state index contributed by atoms with van der Waals surface area (Å²) in [6.45, 7) is 0.323. The molecule has 0 radical (unpaired) electrons. The molecule has 0 saturated carbocycles. The van der Waals surface area contributed by atoms with E-state index in [-0.39, 0.29) is 6.03 Å². The number of hydrogen-bond donors (Lipinski definition) is 1. The second kappa shape index (κ2) is 9.43. The average Bonchev–Trinajstić information content (AvgIpc) is 3.20. The van der Waals surface area contributed by atoms with E-state index >= 15 is 0 Å². The number of ether oxygens (including phenoxy) is 3. The lowest BCUT2D eigenvalue weighted by Gasteiger charge is -2.28. The van der Waals surface area contributed by atoms with Crippen LogP contribution in [0.1, 0.15) is 17.2 Å². The van der Waals surface area contributed by atoms with Crippen LogP contribution in [-0.4, -0.2) is 32.3 Å². The average molecular weight is 432 g/mol. The Kier molecular flexibility index (Phi) is 6.26. The summed E-state index contributed by atoms with van der Waals surface area (Å²) in [6.07, 6.45) is 0. The minimum Gasteiger partial charge on any atom is -0.497 e. The van der Waals surface area contributed by atoms with Gasteiger partial charge >= 0.3 is 12.0 Å². The minimum absolute atomic E-state index is 0.323. The number of methoxy groups -OCH3 is 2. The number of hydrogen-bond acceptors (Lipinski definition) is 5. The van der Waals surface area contributed by atoms with E-state index in [1.165, 1.54) is 7.11 Å². The number of anilines is 1. The minimum atomic E-state index is -0.903. The zero-order valence-electron chi connectivity index (χ0n) is 17.9. The molecule has 0 unspecified atom stereocenters. The first-order valence-electron chi connectivity index (χ1n) is 10.2. The van der Waals surface area contributed by atoms with Gasteiger partial charge in [0.05, 0.1) is 20.3 Å². The lowest BCUT2D eigenvalue weighted by molar-refractivity contribution is -0.142. The van der Waals surface area contributed by atoms with Crippen LogP contribution in [0.25, 0.3) is 0 Å². The van der Waals surface area contributed by atoms with Gasteiger partial charge in [0.1, 0.15) is 18.1 Å². The summed E-state index contributed by atoms with van der Waals surface area (Å²) in [6, 6.07) is 22.3. The monoisotopic (exact) mass is 432 g/mol. The van der Waals surface area contributed by atoms with Crippen molar-refractivity contribution in [2.24, 2.45) is 0 Å². The second-order valence-electron chi connectivity index (χ2n) is 7.28. The Morgan fingerprint density at radius 3 is 2.31 bits per heavy atom. The van der Waals surface area contributed by atoms with Crippen LogP contribution < -0.4 is 19.7 Å². The van der Waals surface area contributed by atoms with Crippen molar-refractivity contribution in [3.63, 3.8) is 0 Å². The first-order chi connectivity index (χ1) is 15.6. The van der Waals surface area contributed by atoms with Crippen LogP contribution in [0.4, 0.5) is 10.5 Å². The predicted molar refractivity (Wildman–Crippen MR) is 120 cm³/mol. The first-order valence-corrected chi connectivity index (χ1v) is 10.2. The second-order valence-corrected chi connectivity index (χ2v) is 7.28. The lowest BCUT2D eigenvalue weighted by Crippen LogP contribution is -2.37. The molecule has 3 aromatic carbocycles. The number of nitrogens with zero attached hydrogens (tertiary/aromatic N) is 1. The molecule has 0 aromatic heterocycles. The molecule has 1 aliphatic heterocycles. The number of esters is 1. The number of rotatable bonds is 7. The summed E-state index contributed by atoms with van der Waals surface area (Å²) >= 11 is 0. The first kappa shape index (κ1) is 21.2. The van der Waals surface area contributed by atoms with Crippen molar-refractivity contribution in [2.45, 2.75) is 18.7 Å².